The summed E-state index contributed by atoms with van der Waals surface area (Å²) >= 11 is 0. The third kappa shape index (κ3) is 2.40. The van der Waals surface area contributed by atoms with E-state index in [1.165, 1.54) is 5.56 Å². The number of nitrogens with zero attached hydrogens (tertiary/aromatic N) is 2. The van der Waals surface area contributed by atoms with Crippen LogP contribution in [0.3, 0.4) is 0 Å². The molecule has 0 saturated carbocycles. The van der Waals surface area contributed by atoms with Crippen LogP contribution in [0.1, 0.15) is 39.7 Å². The molecule has 4 heteroatoms. The largest absolute Gasteiger partial charge is 0.337 e. The van der Waals surface area contributed by atoms with E-state index in [0.717, 1.165) is 12.1 Å². The third-order valence-electron chi connectivity index (χ3n) is 4.73. The van der Waals surface area contributed by atoms with Gasteiger partial charge in [0.25, 0.3) is 0 Å². The molecule has 0 radical (unpaired) electrons. The van der Waals surface area contributed by atoms with Gasteiger partial charge < -0.3 is 9.80 Å². The predicted molar refractivity (Wildman–Crippen MR) is 86.7 cm³/mol. The van der Waals surface area contributed by atoms with Crippen molar-refractivity contribution < 1.29 is 9.59 Å². The van der Waals surface area contributed by atoms with Crippen molar-refractivity contribution in [2.45, 2.75) is 52.1 Å². The van der Waals surface area contributed by atoms with Crippen LogP contribution >= 0.6 is 0 Å². The number of carbonyl (C=O) groups excluding carboxylic acids is 2. The Labute approximate surface area is 132 Å². The summed E-state index contributed by atoms with van der Waals surface area (Å²) in [5.74, 6) is -0.0381. The highest BCUT2D eigenvalue weighted by Crippen LogP contribution is 2.35. The van der Waals surface area contributed by atoms with Crippen LogP contribution in [0.2, 0.25) is 0 Å². The van der Waals surface area contributed by atoms with Gasteiger partial charge in [0.2, 0.25) is 11.8 Å². The first-order valence-corrected chi connectivity index (χ1v) is 8.00. The normalized spacial score (nSPS) is 24.8. The lowest BCUT2D eigenvalue weighted by Gasteiger charge is -2.32. The number of hydrogen-bond donors (Lipinski definition) is 0. The van der Waals surface area contributed by atoms with E-state index in [1.54, 1.807) is 0 Å². The van der Waals surface area contributed by atoms with Crippen molar-refractivity contribution in [3.8, 4) is 0 Å². The minimum atomic E-state index is -0.222. The fourth-order valence-corrected chi connectivity index (χ4v) is 3.62. The molecule has 1 saturated heterocycles. The first kappa shape index (κ1) is 15.1. The molecule has 0 aromatic heterocycles. The summed E-state index contributed by atoms with van der Waals surface area (Å²) in [6.07, 6.45) is 1.23. The summed E-state index contributed by atoms with van der Waals surface area (Å²) in [5, 5.41) is 0. The maximum absolute atomic E-state index is 13.0. The summed E-state index contributed by atoms with van der Waals surface area (Å²) < 4.78 is 0. The van der Waals surface area contributed by atoms with Crippen LogP contribution in [-0.4, -0.2) is 34.8 Å². The fourth-order valence-electron chi connectivity index (χ4n) is 3.62. The van der Waals surface area contributed by atoms with Crippen LogP contribution < -0.4 is 4.90 Å². The average Bonchev–Trinajstić information content (AvgIpc) is 2.97. The van der Waals surface area contributed by atoms with Crippen molar-refractivity contribution in [2.24, 2.45) is 5.92 Å². The van der Waals surface area contributed by atoms with Crippen molar-refractivity contribution in [1.29, 1.82) is 0 Å². The molecule has 0 bridgehead atoms. The fraction of sp³-hybridized carbons (Fsp3) is 0.556. The van der Waals surface area contributed by atoms with Crippen molar-refractivity contribution >= 4 is 17.5 Å². The number of benzene rings is 1. The Morgan fingerprint density at radius 3 is 2.50 bits per heavy atom. The van der Waals surface area contributed by atoms with Gasteiger partial charge in [-0.2, -0.15) is 0 Å². The number of fused-ring (bicyclic) bond motifs is 1. The minimum absolute atomic E-state index is 0.0889. The van der Waals surface area contributed by atoms with E-state index >= 15 is 0 Å². The van der Waals surface area contributed by atoms with Crippen LogP contribution in [0.4, 0.5) is 5.69 Å². The molecule has 2 aliphatic heterocycles. The van der Waals surface area contributed by atoms with Gasteiger partial charge in [0.05, 0.1) is 5.92 Å². The van der Waals surface area contributed by atoms with Gasteiger partial charge >= 0.3 is 0 Å². The molecule has 22 heavy (non-hydrogen) atoms. The average molecular weight is 300 g/mol. The van der Waals surface area contributed by atoms with E-state index in [9.17, 15) is 9.59 Å². The molecule has 2 aliphatic rings. The lowest BCUT2D eigenvalue weighted by molar-refractivity contribution is -0.131. The molecule has 1 aromatic carbocycles. The van der Waals surface area contributed by atoms with E-state index in [-0.39, 0.29) is 29.3 Å². The first-order valence-electron chi connectivity index (χ1n) is 8.00. The Hall–Kier alpha value is -1.84. The summed E-state index contributed by atoms with van der Waals surface area (Å²) in [4.78, 5) is 29.0. The van der Waals surface area contributed by atoms with Crippen LogP contribution in [0.25, 0.3) is 0 Å². The van der Waals surface area contributed by atoms with Crippen LogP contribution in [0, 0.1) is 5.92 Å². The molecule has 0 N–H and O–H groups in total. The lowest BCUT2D eigenvalue weighted by Crippen LogP contribution is -2.44. The zero-order chi connectivity index (χ0) is 16.1. The zero-order valence-electron chi connectivity index (χ0n) is 13.8. The highest BCUT2D eigenvalue weighted by atomic mass is 16.2. The maximum atomic E-state index is 13.0. The topological polar surface area (TPSA) is 40.6 Å². The van der Waals surface area contributed by atoms with Crippen LogP contribution in [0.15, 0.2) is 24.3 Å². The van der Waals surface area contributed by atoms with Crippen LogP contribution in [0.5, 0.6) is 0 Å². The molecule has 2 heterocycles. The monoisotopic (exact) mass is 300 g/mol. The van der Waals surface area contributed by atoms with Crippen molar-refractivity contribution in [1.82, 2.24) is 4.90 Å². The summed E-state index contributed by atoms with van der Waals surface area (Å²) in [5.41, 5.74) is 2.02. The number of hydrogen-bond acceptors (Lipinski definition) is 2. The van der Waals surface area contributed by atoms with Gasteiger partial charge in [0.1, 0.15) is 0 Å². The first-order chi connectivity index (χ1) is 10.3. The van der Waals surface area contributed by atoms with Gasteiger partial charge in [0, 0.05) is 30.2 Å². The van der Waals surface area contributed by atoms with E-state index < -0.39 is 0 Å². The second-order valence-corrected chi connectivity index (χ2v) is 7.47. The smallest absolute Gasteiger partial charge is 0.232 e. The highest BCUT2D eigenvalue weighted by molar-refractivity contribution is 6.01. The molecule has 1 fully saturated rings. The molecular weight excluding hydrogens is 276 g/mol. The quantitative estimate of drug-likeness (QED) is 0.800. The van der Waals surface area contributed by atoms with E-state index in [4.69, 9.17) is 0 Å². The van der Waals surface area contributed by atoms with Crippen molar-refractivity contribution in [3.05, 3.63) is 29.8 Å². The lowest BCUT2D eigenvalue weighted by atomic mass is 10.1. The number of carbonyl (C=O) groups is 2. The van der Waals surface area contributed by atoms with Crippen LogP contribution in [-0.2, 0) is 16.0 Å². The number of anilines is 1. The summed E-state index contributed by atoms with van der Waals surface area (Å²) in [6.45, 7) is 8.67. The molecule has 0 aliphatic carbocycles. The molecule has 3 rings (SSSR count). The number of amides is 2. The molecular formula is C18H24N2O2. The predicted octanol–water partition coefficient (Wildman–Crippen LogP) is 2.61. The van der Waals surface area contributed by atoms with E-state index in [2.05, 4.69) is 13.0 Å². The zero-order valence-corrected chi connectivity index (χ0v) is 13.8. The van der Waals surface area contributed by atoms with Gasteiger partial charge in [-0.05, 0) is 45.7 Å². The van der Waals surface area contributed by atoms with E-state index in [0.29, 0.717) is 13.0 Å². The highest BCUT2D eigenvalue weighted by Gasteiger charge is 2.43. The Bertz CT molecular complexity index is 618. The molecule has 2 amide bonds. The van der Waals surface area contributed by atoms with Crippen molar-refractivity contribution in [3.63, 3.8) is 0 Å². The Balaban J connectivity index is 1.83. The summed E-state index contributed by atoms with van der Waals surface area (Å²) in [7, 11) is 0. The second-order valence-electron chi connectivity index (χ2n) is 7.47. The molecule has 0 spiro atoms. The SMILES string of the molecule is C[C@@H]1Cc2ccccc2N1C(=O)[C@@H]1CC(=O)N(C(C)(C)C)C1. The number of para-hydroxylation sites is 1. The summed E-state index contributed by atoms with van der Waals surface area (Å²) in [6, 6.07) is 8.25. The van der Waals surface area contributed by atoms with Gasteiger partial charge in [-0.25, -0.2) is 0 Å². The van der Waals surface area contributed by atoms with Gasteiger partial charge in [-0.3, -0.25) is 9.59 Å². The third-order valence-corrected chi connectivity index (χ3v) is 4.73. The molecule has 118 valence electrons. The number of likely N-dealkylation sites (tertiary alicyclic amines) is 1. The van der Waals surface area contributed by atoms with Gasteiger partial charge in [0.15, 0.2) is 0 Å². The molecule has 0 unspecified atom stereocenters. The standard InChI is InChI=1S/C18H24N2O2/c1-12-9-13-7-5-6-8-15(13)20(12)17(22)14-10-16(21)19(11-14)18(2,3)4/h5-8,12,14H,9-11H2,1-4H3/t12-,14-/m1/s1. The molecule has 1 aromatic rings. The Morgan fingerprint density at radius 1 is 1.18 bits per heavy atom. The molecule has 4 nitrogen and oxygen atoms in total. The molecule has 2 atom stereocenters. The second kappa shape index (κ2) is 5.11. The van der Waals surface area contributed by atoms with E-state index in [1.807, 2.05) is 48.8 Å². The van der Waals surface area contributed by atoms with Gasteiger partial charge in [-0.15, -0.1) is 0 Å². The Kier molecular flexibility index (Phi) is 3.50. The van der Waals surface area contributed by atoms with Gasteiger partial charge in [-0.1, -0.05) is 18.2 Å². The Morgan fingerprint density at radius 2 is 1.86 bits per heavy atom. The van der Waals surface area contributed by atoms with Crippen molar-refractivity contribution in [2.75, 3.05) is 11.4 Å². The number of rotatable bonds is 1. The minimum Gasteiger partial charge on any atom is -0.337 e. The maximum Gasteiger partial charge on any atom is 0.232 e.